The fourth-order valence-corrected chi connectivity index (χ4v) is 5.56. The first-order valence-electron chi connectivity index (χ1n) is 12.9. The zero-order valence-corrected chi connectivity index (χ0v) is 22.0. The third-order valence-corrected chi connectivity index (χ3v) is 7.68. The van der Waals surface area contributed by atoms with Gasteiger partial charge in [0.2, 0.25) is 5.91 Å². The van der Waals surface area contributed by atoms with Gasteiger partial charge in [0.1, 0.15) is 11.6 Å². The van der Waals surface area contributed by atoms with E-state index in [1.165, 1.54) is 7.11 Å². The summed E-state index contributed by atoms with van der Waals surface area (Å²) in [5, 5.41) is 4.74. The Morgan fingerprint density at radius 2 is 1.66 bits per heavy atom. The fraction of sp³-hybridized carbons (Fsp3) is 0.281. The van der Waals surface area contributed by atoms with Crippen molar-refractivity contribution < 1.29 is 19.1 Å². The summed E-state index contributed by atoms with van der Waals surface area (Å²) < 4.78 is 10.2. The van der Waals surface area contributed by atoms with Gasteiger partial charge in [-0.05, 0) is 90.2 Å². The van der Waals surface area contributed by atoms with E-state index in [-0.39, 0.29) is 5.91 Å². The first-order chi connectivity index (χ1) is 18.4. The normalized spacial score (nSPS) is 14.3. The number of rotatable bonds is 7. The molecule has 1 N–H and O–H groups in total. The van der Waals surface area contributed by atoms with Gasteiger partial charge in [-0.2, -0.15) is 0 Å². The second-order valence-electron chi connectivity index (χ2n) is 10.1. The SMILES string of the molecule is COC(=O)c1ccc2c(NC(=O)C3(Cc4ccc(-c5ccc(OC)c(C)c5)cc4)CCCC3)nccc2c1. The highest BCUT2D eigenvalue weighted by atomic mass is 16.5. The number of fused-ring (bicyclic) bond motifs is 1. The number of nitrogens with one attached hydrogen (secondary N) is 1. The van der Waals surface area contributed by atoms with Crippen LogP contribution in [-0.4, -0.2) is 31.1 Å². The van der Waals surface area contributed by atoms with Gasteiger partial charge in [0.15, 0.2) is 0 Å². The predicted octanol–water partition coefficient (Wildman–Crippen LogP) is 6.75. The molecule has 1 aliphatic rings. The Balaban J connectivity index is 1.36. The highest BCUT2D eigenvalue weighted by Gasteiger charge is 2.41. The fourth-order valence-electron chi connectivity index (χ4n) is 5.56. The van der Waals surface area contributed by atoms with Crippen LogP contribution in [0.15, 0.2) is 72.9 Å². The van der Waals surface area contributed by atoms with E-state index < -0.39 is 11.4 Å². The molecule has 4 aromatic rings. The molecule has 0 aliphatic heterocycles. The zero-order valence-electron chi connectivity index (χ0n) is 22.0. The van der Waals surface area contributed by atoms with E-state index in [0.717, 1.165) is 64.5 Å². The Morgan fingerprint density at radius 3 is 2.34 bits per heavy atom. The van der Waals surface area contributed by atoms with E-state index >= 15 is 0 Å². The molecule has 0 unspecified atom stereocenters. The lowest BCUT2D eigenvalue weighted by Gasteiger charge is -2.28. The van der Waals surface area contributed by atoms with Gasteiger partial charge in [0.05, 0.1) is 25.2 Å². The van der Waals surface area contributed by atoms with Crippen molar-refractivity contribution in [1.82, 2.24) is 4.98 Å². The number of nitrogens with zero attached hydrogens (tertiary/aromatic N) is 1. The molecule has 5 rings (SSSR count). The van der Waals surface area contributed by atoms with Gasteiger partial charge >= 0.3 is 5.97 Å². The van der Waals surface area contributed by atoms with Crippen molar-refractivity contribution in [2.45, 2.75) is 39.0 Å². The van der Waals surface area contributed by atoms with E-state index in [0.29, 0.717) is 17.8 Å². The molecule has 1 amide bonds. The minimum Gasteiger partial charge on any atom is -0.496 e. The Bertz CT molecular complexity index is 1490. The van der Waals surface area contributed by atoms with Crippen LogP contribution >= 0.6 is 0 Å². The molecule has 1 heterocycles. The number of aromatic nitrogens is 1. The molecule has 1 aromatic heterocycles. The van der Waals surface area contributed by atoms with E-state index in [2.05, 4.69) is 46.7 Å². The second kappa shape index (κ2) is 10.7. The van der Waals surface area contributed by atoms with Gasteiger partial charge in [-0.3, -0.25) is 4.79 Å². The summed E-state index contributed by atoms with van der Waals surface area (Å²) >= 11 is 0. The van der Waals surface area contributed by atoms with E-state index in [1.54, 1.807) is 25.4 Å². The molecule has 0 atom stereocenters. The monoisotopic (exact) mass is 508 g/mol. The Kier molecular flexibility index (Phi) is 7.14. The van der Waals surface area contributed by atoms with Crippen molar-refractivity contribution in [3.63, 3.8) is 0 Å². The molecule has 0 bridgehead atoms. The number of anilines is 1. The van der Waals surface area contributed by atoms with Crippen LogP contribution in [0.5, 0.6) is 5.75 Å². The van der Waals surface area contributed by atoms with Crippen LogP contribution in [0, 0.1) is 12.3 Å². The molecule has 1 saturated carbocycles. The highest BCUT2D eigenvalue weighted by molar-refractivity contribution is 6.04. The predicted molar refractivity (Wildman–Crippen MR) is 149 cm³/mol. The highest BCUT2D eigenvalue weighted by Crippen LogP contribution is 2.42. The molecule has 3 aromatic carbocycles. The number of esters is 1. The van der Waals surface area contributed by atoms with Crippen molar-refractivity contribution in [3.8, 4) is 16.9 Å². The molecule has 38 heavy (non-hydrogen) atoms. The van der Waals surface area contributed by atoms with Crippen molar-refractivity contribution in [3.05, 3.63) is 89.6 Å². The number of benzene rings is 3. The number of pyridine rings is 1. The number of carbonyl (C=O) groups is 2. The van der Waals surface area contributed by atoms with Gasteiger partial charge in [0.25, 0.3) is 0 Å². The molecule has 1 fully saturated rings. The van der Waals surface area contributed by atoms with Gasteiger partial charge in [-0.1, -0.05) is 43.2 Å². The third kappa shape index (κ3) is 4.99. The quantitative estimate of drug-likeness (QED) is 0.280. The molecule has 0 spiro atoms. The van der Waals surface area contributed by atoms with Crippen molar-refractivity contribution in [1.29, 1.82) is 0 Å². The largest absolute Gasteiger partial charge is 0.496 e. The number of hydrogen-bond donors (Lipinski definition) is 1. The van der Waals surface area contributed by atoms with Gasteiger partial charge in [-0.15, -0.1) is 0 Å². The number of methoxy groups -OCH3 is 2. The van der Waals surface area contributed by atoms with E-state index in [9.17, 15) is 9.59 Å². The Morgan fingerprint density at radius 1 is 0.921 bits per heavy atom. The number of carbonyl (C=O) groups excluding carboxylic acids is 2. The zero-order chi connectivity index (χ0) is 26.7. The molecule has 6 heteroatoms. The lowest BCUT2D eigenvalue weighted by Crippen LogP contribution is -2.36. The number of hydrogen-bond acceptors (Lipinski definition) is 5. The van der Waals surface area contributed by atoms with Gasteiger partial charge in [-0.25, -0.2) is 9.78 Å². The smallest absolute Gasteiger partial charge is 0.337 e. The molecular formula is C32H32N2O4. The van der Waals surface area contributed by atoms with Crippen LogP contribution in [0.25, 0.3) is 21.9 Å². The molecule has 0 radical (unpaired) electrons. The lowest BCUT2D eigenvalue weighted by molar-refractivity contribution is -0.125. The van der Waals surface area contributed by atoms with Crippen LogP contribution < -0.4 is 10.1 Å². The van der Waals surface area contributed by atoms with Crippen molar-refractivity contribution >= 4 is 28.5 Å². The molecule has 194 valence electrons. The summed E-state index contributed by atoms with van der Waals surface area (Å²) in [6, 6.07) is 21.8. The van der Waals surface area contributed by atoms with Crippen LogP contribution in [-0.2, 0) is 16.0 Å². The number of aryl methyl sites for hydroxylation is 1. The van der Waals surface area contributed by atoms with E-state index in [4.69, 9.17) is 9.47 Å². The van der Waals surface area contributed by atoms with Crippen LogP contribution in [0.1, 0.15) is 47.2 Å². The lowest BCUT2D eigenvalue weighted by atomic mass is 9.79. The third-order valence-electron chi connectivity index (χ3n) is 7.68. The van der Waals surface area contributed by atoms with Gasteiger partial charge in [0, 0.05) is 11.6 Å². The van der Waals surface area contributed by atoms with Gasteiger partial charge < -0.3 is 14.8 Å². The maximum Gasteiger partial charge on any atom is 0.337 e. The Hall–Kier alpha value is -4.19. The average Bonchev–Trinajstić information content (AvgIpc) is 3.42. The molecule has 6 nitrogen and oxygen atoms in total. The van der Waals surface area contributed by atoms with Crippen LogP contribution in [0.3, 0.4) is 0 Å². The number of ether oxygens (including phenoxy) is 2. The minimum absolute atomic E-state index is 0.00176. The molecule has 0 saturated heterocycles. The maximum absolute atomic E-state index is 13.8. The minimum atomic E-state index is -0.478. The van der Waals surface area contributed by atoms with Crippen LogP contribution in [0.4, 0.5) is 5.82 Å². The summed E-state index contributed by atoms with van der Waals surface area (Å²) in [7, 11) is 3.04. The van der Waals surface area contributed by atoms with Crippen molar-refractivity contribution in [2.24, 2.45) is 5.41 Å². The van der Waals surface area contributed by atoms with Crippen molar-refractivity contribution in [2.75, 3.05) is 19.5 Å². The summed E-state index contributed by atoms with van der Waals surface area (Å²) in [6.07, 6.45) is 6.08. The van der Waals surface area contributed by atoms with E-state index in [1.807, 2.05) is 25.1 Å². The average molecular weight is 509 g/mol. The summed E-state index contributed by atoms with van der Waals surface area (Å²) in [5.41, 5.74) is 4.50. The first kappa shape index (κ1) is 25.5. The second-order valence-corrected chi connectivity index (χ2v) is 10.1. The standard InChI is InChI=1S/C32H32N2O4/c1-21-18-24(11-13-28(21)37-2)23-8-6-22(7-9-23)20-32(15-4-5-16-32)31(36)34-29-27-12-10-26(30(35)38-3)19-25(27)14-17-33-29/h6-14,17-19H,4-5,15-16,20H2,1-3H3,(H,33,34,36). The summed E-state index contributed by atoms with van der Waals surface area (Å²) in [4.78, 5) is 30.2. The molecular weight excluding hydrogens is 476 g/mol. The van der Waals surface area contributed by atoms with Crippen LogP contribution in [0.2, 0.25) is 0 Å². The first-order valence-corrected chi connectivity index (χ1v) is 12.9. The molecule has 1 aliphatic carbocycles. The summed E-state index contributed by atoms with van der Waals surface area (Å²) in [6.45, 7) is 2.04. The maximum atomic E-state index is 13.8. The summed E-state index contributed by atoms with van der Waals surface area (Å²) in [5.74, 6) is 0.999. The topological polar surface area (TPSA) is 77.5 Å². The Labute approximate surface area is 223 Å². The number of amides is 1.